The second-order valence-electron chi connectivity index (χ2n) is 9.19. The zero-order chi connectivity index (χ0) is 16.8. The topological polar surface area (TPSA) is 66.5 Å². The predicted octanol–water partition coefficient (Wildman–Crippen LogP) is 3.25. The lowest BCUT2D eigenvalue weighted by molar-refractivity contribution is -0.0575. The summed E-state index contributed by atoms with van der Waals surface area (Å²) in [6, 6.07) is 0. The van der Waals surface area contributed by atoms with Gasteiger partial charge in [0.15, 0.2) is 0 Å². The molecule has 0 amide bonds. The van der Waals surface area contributed by atoms with Crippen LogP contribution < -0.4 is 5.73 Å². The Morgan fingerprint density at radius 3 is 2.52 bits per heavy atom. The second kappa shape index (κ2) is 6.16. The molecule has 0 radical (unpaired) electrons. The van der Waals surface area contributed by atoms with Crippen LogP contribution in [0, 0.1) is 28.6 Å². The lowest BCUT2D eigenvalue weighted by Gasteiger charge is -2.52. The van der Waals surface area contributed by atoms with Crippen LogP contribution in [-0.2, 0) is 0 Å². The van der Waals surface area contributed by atoms with Gasteiger partial charge in [-0.15, -0.1) is 0 Å². The Labute approximate surface area is 141 Å². The molecule has 0 spiro atoms. The molecule has 3 heteroatoms. The molecule has 3 rings (SSSR count). The van der Waals surface area contributed by atoms with E-state index in [1.54, 1.807) is 11.1 Å². The van der Waals surface area contributed by atoms with Gasteiger partial charge in [0.25, 0.3) is 0 Å². The number of nitrogens with two attached hydrogens (primary N) is 1. The Morgan fingerprint density at radius 2 is 1.87 bits per heavy atom. The summed E-state index contributed by atoms with van der Waals surface area (Å²) in [5, 5.41) is 20.0. The van der Waals surface area contributed by atoms with Gasteiger partial charge in [0, 0.05) is 6.61 Å². The van der Waals surface area contributed by atoms with Crippen molar-refractivity contribution in [3.63, 3.8) is 0 Å². The fourth-order valence-electron chi connectivity index (χ4n) is 6.10. The Kier molecular flexibility index (Phi) is 4.67. The molecule has 4 N–H and O–H groups in total. The first-order chi connectivity index (χ1) is 10.8. The highest BCUT2D eigenvalue weighted by atomic mass is 16.3. The highest BCUT2D eigenvalue weighted by Crippen LogP contribution is 2.58. The lowest BCUT2D eigenvalue weighted by atomic mass is 9.53. The molecule has 0 saturated heterocycles. The van der Waals surface area contributed by atoms with Crippen LogP contribution in [0.2, 0.25) is 0 Å². The summed E-state index contributed by atoms with van der Waals surface area (Å²) >= 11 is 0. The van der Waals surface area contributed by atoms with Crippen LogP contribution in [0.15, 0.2) is 11.1 Å². The number of aliphatic hydroxyl groups excluding tert-OH is 2. The molecular weight excluding hydrogens is 286 g/mol. The molecule has 132 valence electrons. The van der Waals surface area contributed by atoms with Gasteiger partial charge in [0.05, 0.1) is 6.10 Å². The van der Waals surface area contributed by atoms with E-state index in [2.05, 4.69) is 20.8 Å². The lowest BCUT2D eigenvalue weighted by Crippen LogP contribution is -2.48. The van der Waals surface area contributed by atoms with Gasteiger partial charge in [0.2, 0.25) is 0 Å². The van der Waals surface area contributed by atoms with Crippen LogP contribution in [0.3, 0.4) is 0 Å². The fourth-order valence-corrected chi connectivity index (χ4v) is 6.10. The highest BCUT2D eigenvalue weighted by molar-refractivity contribution is 5.32. The van der Waals surface area contributed by atoms with Crippen molar-refractivity contribution >= 4 is 0 Å². The molecule has 1 saturated carbocycles. The number of hydrogen-bond donors (Lipinski definition) is 3. The highest BCUT2D eigenvalue weighted by Gasteiger charge is 2.50. The third-order valence-corrected chi connectivity index (χ3v) is 7.69. The average Bonchev–Trinajstić information content (AvgIpc) is 2.84. The maximum atomic E-state index is 10.0. The van der Waals surface area contributed by atoms with Gasteiger partial charge in [-0.05, 0) is 80.1 Å². The number of allylic oxidation sites excluding steroid dienone is 1. The number of rotatable bonds is 3. The van der Waals surface area contributed by atoms with Crippen LogP contribution in [0.4, 0.5) is 0 Å². The Balaban J connectivity index is 1.91. The Morgan fingerprint density at radius 1 is 1.13 bits per heavy atom. The summed E-state index contributed by atoms with van der Waals surface area (Å²) in [6.45, 7) is 8.06. The molecular formula is C20H35NO2. The zero-order valence-electron chi connectivity index (χ0n) is 15.1. The summed E-state index contributed by atoms with van der Waals surface area (Å²) in [4.78, 5) is 0. The zero-order valence-corrected chi connectivity index (χ0v) is 15.1. The first kappa shape index (κ1) is 17.4. The molecule has 1 unspecified atom stereocenters. The molecule has 0 aromatic rings. The normalized spacial score (nSPS) is 43.6. The van der Waals surface area contributed by atoms with Crippen LogP contribution >= 0.6 is 0 Å². The van der Waals surface area contributed by atoms with Gasteiger partial charge in [-0.2, -0.15) is 0 Å². The van der Waals surface area contributed by atoms with Crippen molar-refractivity contribution in [2.75, 3.05) is 13.2 Å². The first-order valence-electron chi connectivity index (χ1n) is 9.55. The van der Waals surface area contributed by atoms with E-state index in [-0.39, 0.29) is 24.0 Å². The molecule has 23 heavy (non-hydrogen) atoms. The summed E-state index contributed by atoms with van der Waals surface area (Å²) in [5.74, 6) is 1.25. The first-order valence-corrected chi connectivity index (χ1v) is 9.55. The minimum absolute atomic E-state index is 0.114. The minimum Gasteiger partial charge on any atom is -0.396 e. The average molecular weight is 322 g/mol. The number of aliphatic hydroxyl groups is 2. The van der Waals surface area contributed by atoms with Crippen LogP contribution in [-0.4, -0.2) is 29.5 Å². The van der Waals surface area contributed by atoms with E-state index < -0.39 is 0 Å². The van der Waals surface area contributed by atoms with E-state index in [0.29, 0.717) is 17.3 Å². The van der Waals surface area contributed by atoms with Gasteiger partial charge >= 0.3 is 0 Å². The fraction of sp³-hybridized carbons (Fsp3) is 0.900. The Hall–Kier alpha value is -0.380. The molecule has 1 fully saturated rings. The molecule has 0 heterocycles. The van der Waals surface area contributed by atoms with Crippen molar-refractivity contribution in [2.45, 2.75) is 71.8 Å². The molecule has 3 nitrogen and oxygen atoms in total. The van der Waals surface area contributed by atoms with Gasteiger partial charge in [-0.3, -0.25) is 0 Å². The van der Waals surface area contributed by atoms with Crippen LogP contribution in [0.1, 0.15) is 65.7 Å². The van der Waals surface area contributed by atoms with E-state index in [9.17, 15) is 10.2 Å². The van der Waals surface area contributed by atoms with Gasteiger partial charge in [0.1, 0.15) is 0 Å². The SMILES string of the molecule is CC1(C)CCC2=C1CCC([C@@]1(C)CC[C@H](O)C[C@@H]1CO)[C@H]2CN. The van der Waals surface area contributed by atoms with Crippen molar-refractivity contribution in [1.82, 2.24) is 0 Å². The largest absolute Gasteiger partial charge is 0.396 e. The van der Waals surface area contributed by atoms with Crippen molar-refractivity contribution in [1.29, 1.82) is 0 Å². The summed E-state index contributed by atoms with van der Waals surface area (Å²) < 4.78 is 0. The minimum atomic E-state index is -0.236. The van der Waals surface area contributed by atoms with E-state index in [1.165, 1.54) is 25.7 Å². The van der Waals surface area contributed by atoms with Crippen molar-refractivity contribution in [2.24, 2.45) is 34.3 Å². The quantitative estimate of drug-likeness (QED) is 0.699. The molecule has 0 bridgehead atoms. The monoisotopic (exact) mass is 321 g/mol. The second-order valence-corrected chi connectivity index (χ2v) is 9.19. The van der Waals surface area contributed by atoms with E-state index in [4.69, 9.17) is 5.73 Å². The predicted molar refractivity (Wildman–Crippen MR) is 93.9 cm³/mol. The smallest absolute Gasteiger partial charge is 0.0544 e. The van der Waals surface area contributed by atoms with E-state index >= 15 is 0 Å². The van der Waals surface area contributed by atoms with Crippen molar-refractivity contribution < 1.29 is 10.2 Å². The Bertz CT molecular complexity index is 484. The third-order valence-electron chi connectivity index (χ3n) is 7.69. The summed E-state index contributed by atoms with van der Waals surface area (Å²) in [5.41, 5.74) is 10.1. The standard InChI is InChI=1S/C20H35NO2/c1-19(2)8-7-15-16(11-21)18(5-4-17(15)19)20(3)9-6-14(23)10-13(20)12-22/h13-14,16,18,22-23H,4-12,21H2,1-3H3/t13-,14+,16+,18?,20+/m1/s1. The third kappa shape index (κ3) is 2.79. The molecule has 0 aliphatic heterocycles. The van der Waals surface area contributed by atoms with Crippen molar-refractivity contribution in [3.05, 3.63) is 11.1 Å². The molecule has 3 aliphatic carbocycles. The molecule has 0 aromatic heterocycles. The van der Waals surface area contributed by atoms with Crippen LogP contribution in [0.25, 0.3) is 0 Å². The summed E-state index contributed by atoms with van der Waals surface area (Å²) in [7, 11) is 0. The number of hydrogen-bond acceptors (Lipinski definition) is 3. The van der Waals surface area contributed by atoms with E-state index in [1.807, 2.05) is 0 Å². The van der Waals surface area contributed by atoms with Gasteiger partial charge in [-0.1, -0.05) is 31.9 Å². The summed E-state index contributed by atoms with van der Waals surface area (Å²) in [6.07, 6.45) is 7.29. The molecule has 0 aromatic carbocycles. The van der Waals surface area contributed by atoms with Gasteiger partial charge in [-0.25, -0.2) is 0 Å². The van der Waals surface area contributed by atoms with Gasteiger partial charge < -0.3 is 15.9 Å². The molecule has 5 atom stereocenters. The maximum absolute atomic E-state index is 10.0. The maximum Gasteiger partial charge on any atom is 0.0544 e. The van der Waals surface area contributed by atoms with Crippen LogP contribution in [0.5, 0.6) is 0 Å². The van der Waals surface area contributed by atoms with Crippen molar-refractivity contribution in [3.8, 4) is 0 Å². The van der Waals surface area contributed by atoms with E-state index in [0.717, 1.165) is 25.8 Å². The molecule has 3 aliphatic rings.